The maximum absolute atomic E-state index is 10.4. The third-order valence-electron chi connectivity index (χ3n) is 1.39. The molecule has 0 saturated heterocycles. The van der Waals surface area contributed by atoms with Gasteiger partial charge in [0.1, 0.15) is 0 Å². The first-order valence-corrected chi connectivity index (χ1v) is 4.57. The SMILES string of the molecule is NC(=O)CNCc1ccc(Br)cn1. The molecule has 0 radical (unpaired) electrons. The Labute approximate surface area is 84.7 Å². The van der Waals surface area contributed by atoms with Gasteiger partial charge < -0.3 is 11.1 Å². The van der Waals surface area contributed by atoms with E-state index in [0.29, 0.717) is 6.54 Å². The number of nitrogens with one attached hydrogen (secondary N) is 1. The minimum atomic E-state index is -0.364. The fourth-order valence-electron chi connectivity index (χ4n) is 0.825. The molecule has 0 aliphatic heterocycles. The minimum Gasteiger partial charge on any atom is -0.369 e. The summed E-state index contributed by atoms with van der Waals surface area (Å²) in [5, 5.41) is 2.87. The third-order valence-corrected chi connectivity index (χ3v) is 1.86. The van der Waals surface area contributed by atoms with Gasteiger partial charge in [-0.1, -0.05) is 0 Å². The molecule has 0 aromatic carbocycles. The molecule has 1 rings (SSSR count). The summed E-state index contributed by atoms with van der Waals surface area (Å²) in [6, 6.07) is 3.77. The van der Waals surface area contributed by atoms with Crippen molar-refractivity contribution in [1.29, 1.82) is 0 Å². The van der Waals surface area contributed by atoms with Gasteiger partial charge in [0, 0.05) is 17.2 Å². The zero-order chi connectivity index (χ0) is 9.68. The molecule has 0 saturated carbocycles. The van der Waals surface area contributed by atoms with E-state index in [1.165, 1.54) is 0 Å². The Morgan fingerprint density at radius 3 is 2.92 bits per heavy atom. The summed E-state index contributed by atoms with van der Waals surface area (Å²) in [5.41, 5.74) is 5.83. The zero-order valence-corrected chi connectivity index (χ0v) is 8.54. The zero-order valence-electron chi connectivity index (χ0n) is 6.96. The molecule has 5 heteroatoms. The van der Waals surface area contributed by atoms with Crippen molar-refractivity contribution in [3.8, 4) is 0 Å². The molecule has 0 fully saturated rings. The van der Waals surface area contributed by atoms with E-state index in [1.807, 2.05) is 12.1 Å². The topological polar surface area (TPSA) is 68.0 Å². The Balaban J connectivity index is 2.37. The normalized spacial score (nSPS) is 9.92. The monoisotopic (exact) mass is 243 g/mol. The minimum absolute atomic E-state index is 0.178. The molecule has 0 aliphatic rings. The lowest BCUT2D eigenvalue weighted by molar-refractivity contribution is -0.117. The van der Waals surface area contributed by atoms with Gasteiger partial charge in [0.05, 0.1) is 12.2 Å². The van der Waals surface area contributed by atoms with E-state index in [-0.39, 0.29) is 12.5 Å². The lowest BCUT2D eigenvalue weighted by atomic mass is 10.3. The molecule has 0 aliphatic carbocycles. The molecule has 4 nitrogen and oxygen atoms in total. The molecular formula is C8H10BrN3O. The van der Waals surface area contributed by atoms with Gasteiger partial charge in [-0.25, -0.2) is 0 Å². The summed E-state index contributed by atoms with van der Waals surface area (Å²) in [4.78, 5) is 14.5. The van der Waals surface area contributed by atoms with Crippen LogP contribution in [0.1, 0.15) is 5.69 Å². The molecule has 1 amide bonds. The van der Waals surface area contributed by atoms with Gasteiger partial charge in [-0.05, 0) is 28.1 Å². The number of hydrogen-bond donors (Lipinski definition) is 2. The number of halogens is 1. The van der Waals surface area contributed by atoms with Gasteiger partial charge >= 0.3 is 0 Å². The second kappa shape index (κ2) is 4.94. The number of aromatic nitrogens is 1. The number of nitrogens with two attached hydrogens (primary N) is 1. The summed E-state index contributed by atoms with van der Waals surface area (Å²) >= 11 is 3.28. The van der Waals surface area contributed by atoms with E-state index in [4.69, 9.17) is 5.73 Å². The first kappa shape index (κ1) is 10.1. The van der Waals surface area contributed by atoms with Crippen LogP contribution in [0.15, 0.2) is 22.8 Å². The fraction of sp³-hybridized carbons (Fsp3) is 0.250. The Morgan fingerprint density at radius 1 is 1.62 bits per heavy atom. The smallest absolute Gasteiger partial charge is 0.231 e. The first-order valence-electron chi connectivity index (χ1n) is 3.78. The van der Waals surface area contributed by atoms with Crippen molar-refractivity contribution < 1.29 is 4.79 Å². The Bertz CT molecular complexity index is 286. The van der Waals surface area contributed by atoms with Gasteiger partial charge in [0.25, 0.3) is 0 Å². The van der Waals surface area contributed by atoms with Crippen LogP contribution in [-0.2, 0) is 11.3 Å². The van der Waals surface area contributed by atoms with Crippen molar-refractivity contribution in [3.63, 3.8) is 0 Å². The van der Waals surface area contributed by atoms with Gasteiger partial charge in [-0.15, -0.1) is 0 Å². The second-order valence-electron chi connectivity index (χ2n) is 2.54. The number of primary amides is 1. The molecule has 1 heterocycles. The largest absolute Gasteiger partial charge is 0.369 e. The van der Waals surface area contributed by atoms with Crippen LogP contribution in [0, 0.1) is 0 Å². The van der Waals surface area contributed by atoms with Crippen LogP contribution in [0.3, 0.4) is 0 Å². The maximum Gasteiger partial charge on any atom is 0.231 e. The van der Waals surface area contributed by atoms with Crippen LogP contribution in [0.2, 0.25) is 0 Å². The predicted molar refractivity (Wildman–Crippen MR) is 52.8 cm³/mol. The number of hydrogen-bond acceptors (Lipinski definition) is 3. The lowest BCUT2D eigenvalue weighted by Gasteiger charge is -2.00. The molecule has 0 atom stereocenters. The highest BCUT2D eigenvalue weighted by Gasteiger charge is 1.95. The average Bonchev–Trinajstić information content (AvgIpc) is 2.08. The molecular weight excluding hydrogens is 234 g/mol. The second-order valence-corrected chi connectivity index (χ2v) is 3.45. The predicted octanol–water partition coefficient (Wildman–Crippen LogP) is 0.419. The van der Waals surface area contributed by atoms with Gasteiger partial charge in [-0.2, -0.15) is 0 Å². The van der Waals surface area contributed by atoms with E-state index in [0.717, 1.165) is 10.2 Å². The lowest BCUT2D eigenvalue weighted by Crippen LogP contribution is -2.28. The highest BCUT2D eigenvalue weighted by molar-refractivity contribution is 9.10. The number of carbonyl (C=O) groups is 1. The average molecular weight is 244 g/mol. The summed E-state index contributed by atoms with van der Waals surface area (Å²) in [6.07, 6.45) is 1.71. The van der Waals surface area contributed by atoms with Gasteiger partial charge in [-0.3, -0.25) is 9.78 Å². The number of nitrogens with zero attached hydrogens (tertiary/aromatic N) is 1. The standard InChI is InChI=1S/C8H10BrN3O/c9-6-1-2-7(12-3-6)4-11-5-8(10)13/h1-3,11H,4-5H2,(H2,10,13). The van der Waals surface area contributed by atoms with Crippen molar-refractivity contribution in [2.45, 2.75) is 6.54 Å². The fourth-order valence-corrected chi connectivity index (χ4v) is 1.06. The maximum atomic E-state index is 10.4. The highest BCUT2D eigenvalue weighted by Crippen LogP contribution is 2.06. The van der Waals surface area contributed by atoms with Crippen LogP contribution in [0.25, 0.3) is 0 Å². The Hall–Kier alpha value is -0.940. The summed E-state index contributed by atoms with van der Waals surface area (Å²) in [5.74, 6) is -0.364. The highest BCUT2D eigenvalue weighted by atomic mass is 79.9. The Kier molecular flexibility index (Phi) is 3.85. The number of rotatable bonds is 4. The molecule has 13 heavy (non-hydrogen) atoms. The summed E-state index contributed by atoms with van der Waals surface area (Å²) in [6.45, 7) is 0.730. The van der Waals surface area contributed by atoms with Crippen molar-refractivity contribution >= 4 is 21.8 Å². The first-order chi connectivity index (χ1) is 6.18. The Morgan fingerprint density at radius 2 is 2.38 bits per heavy atom. The van der Waals surface area contributed by atoms with Crippen LogP contribution in [0.4, 0.5) is 0 Å². The quantitative estimate of drug-likeness (QED) is 0.806. The van der Waals surface area contributed by atoms with Gasteiger partial charge in [0.15, 0.2) is 0 Å². The number of amides is 1. The number of pyridine rings is 1. The number of carbonyl (C=O) groups excluding carboxylic acids is 1. The van der Waals surface area contributed by atoms with E-state index >= 15 is 0 Å². The molecule has 0 unspecified atom stereocenters. The molecule has 1 aromatic heterocycles. The van der Waals surface area contributed by atoms with Gasteiger partial charge in [0.2, 0.25) is 5.91 Å². The van der Waals surface area contributed by atoms with E-state index in [9.17, 15) is 4.79 Å². The van der Waals surface area contributed by atoms with Crippen molar-refractivity contribution in [3.05, 3.63) is 28.5 Å². The molecule has 70 valence electrons. The van der Waals surface area contributed by atoms with Crippen LogP contribution in [0.5, 0.6) is 0 Å². The molecule has 3 N–H and O–H groups in total. The van der Waals surface area contributed by atoms with E-state index in [1.54, 1.807) is 6.20 Å². The summed E-state index contributed by atoms with van der Waals surface area (Å²) in [7, 11) is 0. The van der Waals surface area contributed by atoms with Crippen LogP contribution < -0.4 is 11.1 Å². The van der Waals surface area contributed by atoms with E-state index in [2.05, 4.69) is 26.2 Å². The van der Waals surface area contributed by atoms with Crippen molar-refractivity contribution in [2.24, 2.45) is 5.73 Å². The van der Waals surface area contributed by atoms with Crippen LogP contribution in [-0.4, -0.2) is 17.4 Å². The van der Waals surface area contributed by atoms with Crippen molar-refractivity contribution in [2.75, 3.05) is 6.54 Å². The third kappa shape index (κ3) is 4.00. The summed E-state index contributed by atoms with van der Waals surface area (Å²) < 4.78 is 0.936. The molecule has 0 spiro atoms. The van der Waals surface area contributed by atoms with Crippen molar-refractivity contribution in [1.82, 2.24) is 10.3 Å². The molecule has 0 bridgehead atoms. The van der Waals surface area contributed by atoms with E-state index < -0.39 is 0 Å². The molecule has 1 aromatic rings. The van der Waals surface area contributed by atoms with Crippen LogP contribution >= 0.6 is 15.9 Å².